The maximum absolute atomic E-state index is 11.9. The van der Waals surface area contributed by atoms with E-state index in [-0.39, 0.29) is 5.91 Å². The molecule has 0 radical (unpaired) electrons. The van der Waals surface area contributed by atoms with Crippen molar-refractivity contribution in [2.45, 2.75) is 12.8 Å². The summed E-state index contributed by atoms with van der Waals surface area (Å²) in [6, 6.07) is 1.74. The van der Waals surface area contributed by atoms with Gasteiger partial charge in [-0.15, -0.1) is 0 Å². The van der Waals surface area contributed by atoms with E-state index in [1.165, 1.54) is 5.06 Å². The molecule has 1 aliphatic heterocycles. The normalized spacial score (nSPS) is 16.5. The van der Waals surface area contributed by atoms with Gasteiger partial charge >= 0.3 is 0 Å². The lowest BCUT2D eigenvalue weighted by atomic mass is 10.2. The lowest BCUT2D eigenvalue weighted by Crippen LogP contribution is -2.35. The molecule has 0 aromatic carbocycles. The van der Waals surface area contributed by atoms with Crippen molar-refractivity contribution in [1.29, 1.82) is 0 Å². The zero-order valence-electron chi connectivity index (χ0n) is 8.15. The summed E-state index contributed by atoms with van der Waals surface area (Å²) in [7, 11) is 0. The molecule has 1 amide bonds. The van der Waals surface area contributed by atoms with Crippen molar-refractivity contribution in [3.63, 3.8) is 0 Å². The number of aromatic nitrogens is 1. The van der Waals surface area contributed by atoms with Gasteiger partial charge in [-0.3, -0.25) is 14.6 Å². The summed E-state index contributed by atoms with van der Waals surface area (Å²) in [6.07, 6.45) is 5.20. The standard InChI is InChI=1S/C10H11BrN2O2/c11-9-5-8(6-12-7-9)10(14)13-3-1-2-4-15-13/h5-7H,1-4H2. The largest absolute Gasteiger partial charge is 0.279 e. The fourth-order valence-corrected chi connectivity index (χ4v) is 1.79. The minimum atomic E-state index is -0.122. The molecule has 1 aliphatic rings. The van der Waals surface area contributed by atoms with Gasteiger partial charge in [0.2, 0.25) is 0 Å². The number of hydrogen-bond donors (Lipinski definition) is 0. The average molecular weight is 271 g/mol. The number of nitrogens with zero attached hydrogens (tertiary/aromatic N) is 2. The molecule has 4 nitrogen and oxygen atoms in total. The molecule has 0 bridgehead atoms. The first-order valence-corrected chi connectivity index (χ1v) is 5.62. The Balaban J connectivity index is 2.12. The molecular formula is C10H11BrN2O2. The molecule has 0 unspecified atom stereocenters. The van der Waals surface area contributed by atoms with Crippen molar-refractivity contribution in [2.24, 2.45) is 0 Å². The molecule has 15 heavy (non-hydrogen) atoms. The highest BCUT2D eigenvalue weighted by Gasteiger charge is 2.19. The van der Waals surface area contributed by atoms with Crippen LogP contribution in [0.25, 0.3) is 0 Å². The van der Waals surface area contributed by atoms with Crippen molar-refractivity contribution >= 4 is 21.8 Å². The number of halogens is 1. The Hall–Kier alpha value is -0.940. The van der Waals surface area contributed by atoms with Crippen LogP contribution in [0.1, 0.15) is 23.2 Å². The van der Waals surface area contributed by atoms with E-state index in [4.69, 9.17) is 4.84 Å². The quantitative estimate of drug-likeness (QED) is 0.784. The maximum Gasteiger partial charge on any atom is 0.279 e. The molecule has 0 aliphatic carbocycles. The highest BCUT2D eigenvalue weighted by molar-refractivity contribution is 9.10. The summed E-state index contributed by atoms with van der Waals surface area (Å²) in [5.74, 6) is -0.122. The lowest BCUT2D eigenvalue weighted by Gasteiger charge is -2.25. The van der Waals surface area contributed by atoms with Crippen molar-refractivity contribution in [1.82, 2.24) is 10.0 Å². The minimum absolute atomic E-state index is 0.122. The summed E-state index contributed by atoms with van der Waals surface area (Å²) in [4.78, 5) is 21.1. The van der Waals surface area contributed by atoms with Crippen molar-refractivity contribution < 1.29 is 9.63 Å². The molecule has 1 fully saturated rings. The van der Waals surface area contributed by atoms with E-state index in [1.54, 1.807) is 18.5 Å². The number of amides is 1. The van der Waals surface area contributed by atoms with Gasteiger partial charge in [0, 0.05) is 23.4 Å². The second kappa shape index (κ2) is 4.72. The van der Waals surface area contributed by atoms with Crippen molar-refractivity contribution in [3.8, 4) is 0 Å². The van der Waals surface area contributed by atoms with E-state index in [2.05, 4.69) is 20.9 Å². The highest BCUT2D eigenvalue weighted by atomic mass is 79.9. The van der Waals surface area contributed by atoms with Gasteiger partial charge in [-0.05, 0) is 34.8 Å². The number of carbonyl (C=O) groups is 1. The van der Waals surface area contributed by atoms with E-state index < -0.39 is 0 Å². The van der Waals surface area contributed by atoms with E-state index >= 15 is 0 Å². The molecule has 1 aromatic heterocycles. The predicted octanol–water partition coefficient (Wildman–Crippen LogP) is 2.01. The molecule has 0 atom stereocenters. The van der Waals surface area contributed by atoms with Gasteiger partial charge in [0.25, 0.3) is 5.91 Å². The highest BCUT2D eigenvalue weighted by Crippen LogP contribution is 2.14. The summed E-state index contributed by atoms with van der Waals surface area (Å²) >= 11 is 3.28. The van der Waals surface area contributed by atoms with Gasteiger partial charge in [0.15, 0.2) is 0 Å². The summed E-state index contributed by atoms with van der Waals surface area (Å²) in [5, 5.41) is 1.41. The Morgan fingerprint density at radius 3 is 3.00 bits per heavy atom. The molecule has 0 spiro atoms. The third-order valence-electron chi connectivity index (χ3n) is 2.18. The fourth-order valence-electron chi connectivity index (χ4n) is 1.43. The van der Waals surface area contributed by atoms with Gasteiger partial charge in [0.1, 0.15) is 0 Å². The van der Waals surface area contributed by atoms with Crippen molar-refractivity contribution in [3.05, 3.63) is 28.5 Å². The van der Waals surface area contributed by atoms with E-state index in [1.807, 2.05) is 0 Å². The van der Waals surface area contributed by atoms with Crippen LogP contribution in [-0.2, 0) is 4.84 Å². The topological polar surface area (TPSA) is 42.4 Å². The predicted molar refractivity (Wildman–Crippen MR) is 58.2 cm³/mol. The third-order valence-corrected chi connectivity index (χ3v) is 2.61. The van der Waals surface area contributed by atoms with Crippen LogP contribution in [0.3, 0.4) is 0 Å². The number of hydrogen-bond acceptors (Lipinski definition) is 3. The Labute approximate surface area is 96.3 Å². The second-order valence-corrected chi connectivity index (χ2v) is 4.26. The van der Waals surface area contributed by atoms with Crippen LogP contribution in [0.2, 0.25) is 0 Å². The Morgan fingerprint density at radius 2 is 2.33 bits per heavy atom. The molecule has 1 aromatic rings. The number of rotatable bonds is 1. The summed E-state index contributed by atoms with van der Waals surface area (Å²) in [6.45, 7) is 1.28. The van der Waals surface area contributed by atoms with Gasteiger partial charge in [-0.25, -0.2) is 5.06 Å². The van der Waals surface area contributed by atoms with Gasteiger partial charge < -0.3 is 0 Å². The molecule has 1 saturated heterocycles. The second-order valence-electron chi connectivity index (χ2n) is 3.34. The molecule has 5 heteroatoms. The van der Waals surface area contributed by atoms with Crippen LogP contribution in [0, 0.1) is 0 Å². The Kier molecular flexibility index (Phi) is 3.33. The smallest absolute Gasteiger partial charge is 0.271 e. The monoisotopic (exact) mass is 270 g/mol. The molecular weight excluding hydrogens is 260 g/mol. The van der Waals surface area contributed by atoms with E-state index in [0.29, 0.717) is 18.7 Å². The summed E-state index contributed by atoms with van der Waals surface area (Å²) in [5.41, 5.74) is 0.547. The molecule has 2 rings (SSSR count). The van der Waals surface area contributed by atoms with Crippen LogP contribution in [-0.4, -0.2) is 29.1 Å². The minimum Gasteiger partial charge on any atom is -0.271 e. The number of hydroxylamine groups is 2. The average Bonchev–Trinajstić information content (AvgIpc) is 2.29. The fraction of sp³-hybridized carbons (Fsp3) is 0.400. The van der Waals surface area contributed by atoms with Gasteiger partial charge in [0.05, 0.1) is 12.2 Å². The zero-order valence-corrected chi connectivity index (χ0v) is 9.74. The lowest BCUT2D eigenvalue weighted by molar-refractivity contribution is -0.144. The van der Waals surface area contributed by atoms with Crippen LogP contribution < -0.4 is 0 Å². The summed E-state index contributed by atoms with van der Waals surface area (Å²) < 4.78 is 0.797. The SMILES string of the molecule is O=C(c1cncc(Br)c1)N1CCCCO1. The number of carbonyl (C=O) groups excluding carboxylic acids is 1. The third kappa shape index (κ3) is 2.54. The van der Waals surface area contributed by atoms with Crippen LogP contribution in [0.15, 0.2) is 22.9 Å². The maximum atomic E-state index is 11.9. The zero-order chi connectivity index (χ0) is 10.7. The van der Waals surface area contributed by atoms with Gasteiger partial charge in [-0.2, -0.15) is 0 Å². The first-order chi connectivity index (χ1) is 7.27. The molecule has 0 N–H and O–H groups in total. The number of pyridine rings is 1. The van der Waals surface area contributed by atoms with E-state index in [9.17, 15) is 4.79 Å². The molecule has 80 valence electrons. The Morgan fingerprint density at radius 1 is 1.47 bits per heavy atom. The molecule has 2 heterocycles. The van der Waals surface area contributed by atoms with E-state index in [0.717, 1.165) is 17.3 Å². The Bertz CT molecular complexity index is 364. The first-order valence-electron chi connectivity index (χ1n) is 4.83. The molecule has 0 saturated carbocycles. The van der Waals surface area contributed by atoms with Crippen LogP contribution in [0.4, 0.5) is 0 Å². The van der Waals surface area contributed by atoms with Crippen LogP contribution >= 0.6 is 15.9 Å². The van der Waals surface area contributed by atoms with Crippen LogP contribution in [0.5, 0.6) is 0 Å². The van der Waals surface area contributed by atoms with Crippen molar-refractivity contribution in [2.75, 3.05) is 13.2 Å². The first kappa shape index (κ1) is 10.6. The van der Waals surface area contributed by atoms with Gasteiger partial charge in [-0.1, -0.05) is 0 Å².